The maximum absolute atomic E-state index is 13.7. The van der Waals surface area contributed by atoms with Gasteiger partial charge >= 0.3 is 12.0 Å². The van der Waals surface area contributed by atoms with Gasteiger partial charge in [0.25, 0.3) is 0 Å². The van der Waals surface area contributed by atoms with Crippen LogP contribution in [0.1, 0.15) is 49.7 Å². The van der Waals surface area contributed by atoms with Gasteiger partial charge in [-0.1, -0.05) is 60.7 Å². The molecule has 3 aromatic carbocycles. The molecule has 44 heavy (non-hydrogen) atoms. The van der Waals surface area contributed by atoms with E-state index in [9.17, 15) is 9.59 Å². The van der Waals surface area contributed by atoms with E-state index in [0.717, 1.165) is 42.7 Å². The number of hydrogen-bond acceptors (Lipinski definition) is 6. The molecule has 3 aromatic rings. The van der Waals surface area contributed by atoms with Gasteiger partial charge in [-0.25, -0.2) is 9.59 Å². The van der Waals surface area contributed by atoms with Gasteiger partial charge in [-0.3, -0.25) is 4.90 Å². The molecule has 0 N–H and O–H groups in total. The van der Waals surface area contributed by atoms with Crippen LogP contribution < -0.4 is 9.80 Å². The van der Waals surface area contributed by atoms with Crippen LogP contribution in [-0.2, 0) is 32.2 Å². The van der Waals surface area contributed by atoms with E-state index >= 15 is 0 Å². The molecule has 0 bridgehead atoms. The highest BCUT2D eigenvalue weighted by molar-refractivity contribution is 5.94. The molecule has 0 radical (unpaired) electrons. The number of urea groups is 1. The van der Waals surface area contributed by atoms with Crippen molar-refractivity contribution < 1.29 is 23.8 Å². The average molecular weight is 600 g/mol. The molecule has 0 aromatic heterocycles. The number of benzene rings is 3. The minimum Gasteiger partial charge on any atom is -0.456 e. The molecule has 2 aliphatic heterocycles. The summed E-state index contributed by atoms with van der Waals surface area (Å²) < 4.78 is 17.9. The minimum atomic E-state index is -0.655. The molecule has 0 aliphatic carbocycles. The fraction of sp³-hybridized carbons (Fsp3) is 0.444. The number of nitrogens with zero attached hydrogens (tertiary/aromatic N) is 3. The Hall–Kier alpha value is -3.88. The predicted octanol–water partition coefficient (Wildman–Crippen LogP) is 6.43. The predicted molar refractivity (Wildman–Crippen MR) is 173 cm³/mol. The number of rotatable bonds is 12. The van der Waals surface area contributed by atoms with Crippen LogP contribution in [0.2, 0.25) is 0 Å². The SMILES string of the molecule is CN(C(=O)N1CCCC[C@H]1C(=O)OC(COCc1ccccc1)COCc1ccccc1)c1ccc(N2CCCCC2)cc1. The first-order valence-electron chi connectivity index (χ1n) is 15.9. The van der Waals surface area contributed by atoms with Crippen molar-refractivity contribution in [3.63, 3.8) is 0 Å². The van der Waals surface area contributed by atoms with E-state index < -0.39 is 18.1 Å². The molecule has 1 atom stereocenters. The van der Waals surface area contributed by atoms with Crippen LogP contribution in [0.15, 0.2) is 84.9 Å². The quantitative estimate of drug-likeness (QED) is 0.224. The van der Waals surface area contributed by atoms with Gasteiger partial charge in [0.1, 0.15) is 12.1 Å². The molecular formula is C36H45N3O5. The molecule has 0 spiro atoms. The Morgan fingerprint density at radius 1 is 0.750 bits per heavy atom. The smallest absolute Gasteiger partial charge is 0.329 e. The Morgan fingerprint density at radius 2 is 1.32 bits per heavy atom. The lowest BCUT2D eigenvalue weighted by Gasteiger charge is -2.37. The van der Waals surface area contributed by atoms with Gasteiger partial charge in [-0.05, 0) is 73.9 Å². The Kier molecular flexibility index (Phi) is 11.7. The summed E-state index contributed by atoms with van der Waals surface area (Å²) in [5.74, 6) is -0.413. The highest BCUT2D eigenvalue weighted by Crippen LogP contribution is 2.26. The summed E-state index contributed by atoms with van der Waals surface area (Å²) >= 11 is 0. The number of esters is 1. The molecule has 8 heteroatoms. The first kappa shape index (κ1) is 31.5. The molecule has 2 saturated heterocycles. The summed E-state index contributed by atoms with van der Waals surface area (Å²) in [6, 6.07) is 27.1. The van der Waals surface area contributed by atoms with Crippen LogP contribution >= 0.6 is 0 Å². The standard InChI is InChI=1S/C36H45N3O5/c1-37(31-18-20-32(21-19-31)38-22-10-4-11-23-38)36(41)39-24-12-9-17-34(39)35(40)44-33(27-42-25-29-13-5-2-6-14-29)28-43-26-30-15-7-3-8-16-30/h2-3,5-8,13-16,18-21,33-34H,4,9-12,17,22-28H2,1H3/t34-/m0/s1. The second kappa shape index (κ2) is 16.3. The van der Waals surface area contributed by atoms with Crippen LogP contribution in [-0.4, -0.2) is 68.9 Å². The van der Waals surface area contributed by atoms with Gasteiger partial charge in [0.05, 0.1) is 26.4 Å². The zero-order valence-electron chi connectivity index (χ0n) is 25.8. The second-order valence-corrected chi connectivity index (χ2v) is 11.7. The third-order valence-electron chi connectivity index (χ3n) is 8.38. The number of anilines is 2. The molecule has 5 rings (SSSR count). The lowest BCUT2D eigenvalue weighted by atomic mass is 10.0. The van der Waals surface area contributed by atoms with Crippen molar-refractivity contribution in [2.45, 2.75) is 63.9 Å². The van der Waals surface area contributed by atoms with Crippen molar-refractivity contribution in [2.75, 3.05) is 49.7 Å². The van der Waals surface area contributed by atoms with Crippen molar-refractivity contribution in [3.8, 4) is 0 Å². The fourth-order valence-electron chi connectivity index (χ4n) is 5.87. The van der Waals surface area contributed by atoms with E-state index in [1.54, 1.807) is 16.8 Å². The summed E-state index contributed by atoms with van der Waals surface area (Å²) in [5.41, 5.74) is 4.07. The largest absolute Gasteiger partial charge is 0.456 e. The lowest BCUT2D eigenvalue weighted by Crippen LogP contribution is -2.53. The topological polar surface area (TPSA) is 71.6 Å². The van der Waals surface area contributed by atoms with Gasteiger partial charge in [-0.2, -0.15) is 0 Å². The number of amides is 2. The maximum Gasteiger partial charge on any atom is 0.329 e. The Morgan fingerprint density at radius 3 is 1.91 bits per heavy atom. The normalized spacial score (nSPS) is 17.0. The summed E-state index contributed by atoms with van der Waals surface area (Å²) in [6.45, 7) is 3.85. The molecule has 2 fully saturated rings. The van der Waals surface area contributed by atoms with Crippen molar-refractivity contribution in [1.82, 2.24) is 4.90 Å². The third-order valence-corrected chi connectivity index (χ3v) is 8.38. The van der Waals surface area contributed by atoms with Gasteiger partial charge in [0.15, 0.2) is 0 Å². The molecule has 2 aliphatic rings. The molecule has 234 valence electrons. The Balaban J connectivity index is 1.20. The third kappa shape index (κ3) is 8.83. The molecular weight excluding hydrogens is 554 g/mol. The minimum absolute atomic E-state index is 0.194. The molecule has 8 nitrogen and oxygen atoms in total. The number of carbonyl (C=O) groups is 2. The molecule has 2 heterocycles. The van der Waals surface area contributed by atoms with E-state index in [4.69, 9.17) is 14.2 Å². The zero-order chi connectivity index (χ0) is 30.6. The second-order valence-electron chi connectivity index (χ2n) is 11.7. The first-order valence-corrected chi connectivity index (χ1v) is 15.9. The van der Waals surface area contributed by atoms with Gasteiger partial charge < -0.3 is 24.0 Å². The number of hydrogen-bond donors (Lipinski definition) is 0. The van der Waals surface area contributed by atoms with Crippen LogP contribution in [0, 0.1) is 0 Å². The summed E-state index contributed by atoms with van der Waals surface area (Å²) in [4.78, 5) is 33.0. The zero-order valence-corrected chi connectivity index (χ0v) is 25.8. The van der Waals surface area contributed by atoms with E-state index in [1.165, 1.54) is 24.9 Å². The Bertz CT molecular complexity index is 1250. The lowest BCUT2D eigenvalue weighted by molar-refractivity contribution is -0.163. The average Bonchev–Trinajstić information content (AvgIpc) is 3.09. The maximum atomic E-state index is 13.7. The number of carbonyl (C=O) groups excluding carboxylic acids is 2. The van der Waals surface area contributed by atoms with E-state index in [0.29, 0.717) is 26.2 Å². The van der Waals surface area contributed by atoms with Crippen LogP contribution in [0.3, 0.4) is 0 Å². The van der Waals surface area contributed by atoms with Crippen LogP contribution in [0.25, 0.3) is 0 Å². The fourth-order valence-corrected chi connectivity index (χ4v) is 5.87. The molecule has 2 amide bonds. The molecule has 0 unspecified atom stereocenters. The summed E-state index contributed by atoms with van der Waals surface area (Å²) in [7, 11) is 1.77. The number of ether oxygens (including phenoxy) is 3. The highest BCUT2D eigenvalue weighted by atomic mass is 16.6. The van der Waals surface area contributed by atoms with E-state index in [2.05, 4.69) is 17.0 Å². The van der Waals surface area contributed by atoms with Crippen molar-refractivity contribution >= 4 is 23.4 Å². The Labute approximate surface area is 261 Å². The summed E-state index contributed by atoms with van der Waals surface area (Å²) in [5, 5.41) is 0. The van der Waals surface area contributed by atoms with E-state index in [1.807, 2.05) is 72.8 Å². The van der Waals surface area contributed by atoms with Crippen molar-refractivity contribution in [3.05, 3.63) is 96.1 Å². The highest BCUT2D eigenvalue weighted by Gasteiger charge is 2.36. The number of likely N-dealkylation sites (tertiary alicyclic amines) is 1. The van der Waals surface area contributed by atoms with Crippen LogP contribution in [0.4, 0.5) is 16.2 Å². The molecule has 0 saturated carbocycles. The van der Waals surface area contributed by atoms with Crippen molar-refractivity contribution in [1.29, 1.82) is 0 Å². The first-order chi connectivity index (χ1) is 21.6. The van der Waals surface area contributed by atoms with Crippen LogP contribution in [0.5, 0.6) is 0 Å². The van der Waals surface area contributed by atoms with Gasteiger partial charge in [0.2, 0.25) is 0 Å². The summed E-state index contributed by atoms with van der Waals surface area (Å²) in [6.07, 6.45) is 5.38. The van der Waals surface area contributed by atoms with E-state index in [-0.39, 0.29) is 19.2 Å². The monoisotopic (exact) mass is 599 g/mol. The van der Waals surface area contributed by atoms with Gasteiger partial charge in [-0.15, -0.1) is 0 Å². The van der Waals surface area contributed by atoms with Crippen molar-refractivity contribution in [2.24, 2.45) is 0 Å². The van der Waals surface area contributed by atoms with Gasteiger partial charge in [0, 0.05) is 38.1 Å². The number of piperidine rings is 2.